The van der Waals surface area contributed by atoms with Crippen molar-refractivity contribution in [1.82, 2.24) is 9.97 Å². The van der Waals surface area contributed by atoms with E-state index in [-0.39, 0.29) is 11.4 Å². The molecule has 0 saturated heterocycles. The van der Waals surface area contributed by atoms with Gasteiger partial charge in [-0.25, -0.2) is 4.98 Å². The largest absolute Gasteiger partial charge is 0.364 e. The second-order valence-corrected chi connectivity index (χ2v) is 1.81. The molecule has 0 atom stereocenters. The molecule has 0 fully saturated rings. The highest BCUT2D eigenvalue weighted by molar-refractivity contribution is 5.91. The Morgan fingerprint density at radius 1 is 1.55 bits per heavy atom. The van der Waals surface area contributed by atoms with Crippen LogP contribution in [0.25, 0.3) is 0 Å². The lowest BCUT2D eigenvalue weighted by Crippen LogP contribution is -2.14. The maximum Gasteiger partial charge on any atom is 0.268 e. The first-order valence-corrected chi connectivity index (χ1v) is 2.81. The van der Waals surface area contributed by atoms with Crippen LogP contribution >= 0.6 is 0 Å². The van der Waals surface area contributed by atoms with Crippen molar-refractivity contribution in [3.8, 4) is 0 Å². The van der Waals surface area contributed by atoms with Crippen molar-refractivity contribution in [1.29, 1.82) is 0 Å². The van der Waals surface area contributed by atoms with Crippen LogP contribution in [0, 0.1) is 0 Å². The standard InChI is InChI=1S/C6H5N3O2/c7-6(11)5-2-8-1-4(3-10)9-5/h1-3H,(H2,7,11). The van der Waals surface area contributed by atoms with Crippen molar-refractivity contribution in [3.05, 3.63) is 23.8 Å². The summed E-state index contributed by atoms with van der Waals surface area (Å²) in [5, 5.41) is 0. The molecule has 11 heavy (non-hydrogen) atoms. The number of hydrogen-bond acceptors (Lipinski definition) is 4. The van der Waals surface area contributed by atoms with E-state index in [0.29, 0.717) is 6.29 Å². The molecule has 0 spiro atoms. The fourth-order valence-electron chi connectivity index (χ4n) is 0.557. The van der Waals surface area contributed by atoms with Crippen LogP contribution in [-0.2, 0) is 0 Å². The first-order chi connectivity index (χ1) is 5.24. The predicted molar refractivity (Wildman–Crippen MR) is 35.9 cm³/mol. The first kappa shape index (κ1) is 7.33. The number of carbonyl (C=O) groups is 2. The van der Waals surface area contributed by atoms with Crippen LogP contribution in [0.4, 0.5) is 0 Å². The molecule has 0 aliphatic carbocycles. The van der Waals surface area contributed by atoms with E-state index in [9.17, 15) is 9.59 Å². The Bertz CT molecular complexity index is 298. The highest BCUT2D eigenvalue weighted by atomic mass is 16.1. The Balaban J connectivity index is 3.10. The van der Waals surface area contributed by atoms with Crippen molar-refractivity contribution in [3.63, 3.8) is 0 Å². The van der Waals surface area contributed by atoms with Gasteiger partial charge in [-0.15, -0.1) is 0 Å². The van der Waals surface area contributed by atoms with Crippen molar-refractivity contribution < 1.29 is 9.59 Å². The van der Waals surface area contributed by atoms with Gasteiger partial charge in [-0.05, 0) is 0 Å². The molecule has 5 nitrogen and oxygen atoms in total. The van der Waals surface area contributed by atoms with Gasteiger partial charge in [0.25, 0.3) is 5.91 Å². The van der Waals surface area contributed by atoms with E-state index in [1.165, 1.54) is 12.4 Å². The summed E-state index contributed by atoms with van der Waals surface area (Å²) in [5.74, 6) is -0.693. The molecular formula is C6H5N3O2. The number of carbonyl (C=O) groups excluding carboxylic acids is 2. The second kappa shape index (κ2) is 2.87. The molecule has 0 saturated carbocycles. The van der Waals surface area contributed by atoms with E-state index in [2.05, 4.69) is 9.97 Å². The number of aldehydes is 1. The number of nitrogens with zero attached hydrogens (tertiary/aromatic N) is 2. The van der Waals surface area contributed by atoms with Gasteiger partial charge in [0.05, 0.1) is 12.4 Å². The minimum atomic E-state index is -0.693. The van der Waals surface area contributed by atoms with E-state index in [1.54, 1.807) is 0 Å². The number of hydrogen-bond donors (Lipinski definition) is 1. The molecule has 0 radical (unpaired) electrons. The van der Waals surface area contributed by atoms with Gasteiger partial charge in [0.2, 0.25) is 0 Å². The van der Waals surface area contributed by atoms with Crippen LogP contribution < -0.4 is 5.73 Å². The minimum absolute atomic E-state index is 0.00500. The smallest absolute Gasteiger partial charge is 0.268 e. The Morgan fingerprint density at radius 3 is 2.82 bits per heavy atom. The fraction of sp³-hybridized carbons (Fsp3) is 0. The highest BCUT2D eigenvalue weighted by Gasteiger charge is 2.02. The summed E-state index contributed by atoms with van der Waals surface area (Å²) in [6.45, 7) is 0. The van der Waals surface area contributed by atoms with Gasteiger partial charge < -0.3 is 5.73 Å². The van der Waals surface area contributed by atoms with E-state index in [1.807, 2.05) is 0 Å². The molecule has 1 aromatic rings. The monoisotopic (exact) mass is 151 g/mol. The summed E-state index contributed by atoms with van der Waals surface area (Å²) < 4.78 is 0. The van der Waals surface area contributed by atoms with Gasteiger partial charge in [0, 0.05) is 0 Å². The normalized spacial score (nSPS) is 9.09. The Labute approximate surface area is 62.3 Å². The van der Waals surface area contributed by atoms with Crippen molar-refractivity contribution in [2.75, 3.05) is 0 Å². The minimum Gasteiger partial charge on any atom is -0.364 e. The molecule has 2 N–H and O–H groups in total. The fourth-order valence-corrected chi connectivity index (χ4v) is 0.557. The molecule has 0 aliphatic rings. The lowest BCUT2D eigenvalue weighted by atomic mass is 10.4. The van der Waals surface area contributed by atoms with Gasteiger partial charge in [-0.3, -0.25) is 14.6 Å². The van der Waals surface area contributed by atoms with Crippen LogP contribution in [0.2, 0.25) is 0 Å². The topological polar surface area (TPSA) is 85.9 Å². The van der Waals surface area contributed by atoms with Gasteiger partial charge in [0.1, 0.15) is 11.4 Å². The zero-order valence-electron chi connectivity index (χ0n) is 5.52. The Morgan fingerprint density at radius 2 is 2.27 bits per heavy atom. The molecule has 1 amide bonds. The van der Waals surface area contributed by atoms with E-state index < -0.39 is 5.91 Å². The molecule has 0 bridgehead atoms. The third-order valence-corrected chi connectivity index (χ3v) is 1.03. The van der Waals surface area contributed by atoms with Gasteiger partial charge in [0.15, 0.2) is 6.29 Å². The molecule has 1 aromatic heterocycles. The van der Waals surface area contributed by atoms with Crippen LogP contribution in [0.5, 0.6) is 0 Å². The average Bonchev–Trinajstić information content (AvgIpc) is 2.05. The quantitative estimate of drug-likeness (QED) is 0.571. The molecule has 5 heteroatoms. The van der Waals surface area contributed by atoms with Gasteiger partial charge >= 0.3 is 0 Å². The zero-order chi connectivity index (χ0) is 8.27. The highest BCUT2D eigenvalue weighted by Crippen LogP contribution is 1.91. The van der Waals surface area contributed by atoms with Crippen LogP contribution in [0.1, 0.15) is 21.0 Å². The summed E-state index contributed by atoms with van der Waals surface area (Å²) in [4.78, 5) is 27.8. The van der Waals surface area contributed by atoms with Crippen molar-refractivity contribution >= 4 is 12.2 Å². The molecule has 0 unspecified atom stereocenters. The molecule has 0 aromatic carbocycles. The number of nitrogens with two attached hydrogens (primary N) is 1. The number of aromatic nitrogens is 2. The van der Waals surface area contributed by atoms with Crippen LogP contribution in [-0.4, -0.2) is 22.2 Å². The number of rotatable bonds is 2. The maximum atomic E-state index is 10.5. The Hall–Kier alpha value is -1.78. The molecule has 1 heterocycles. The number of amides is 1. The second-order valence-electron chi connectivity index (χ2n) is 1.81. The summed E-state index contributed by atoms with van der Waals surface area (Å²) >= 11 is 0. The predicted octanol–water partition coefficient (Wildman–Crippen LogP) is -0.612. The van der Waals surface area contributed by atoms with E-state index in [4.69, 9.17) is 5.73 Å². The van der Waals surface area contributed by atoms with E-state index >= 15 is 0 Å². The lowest BCUT2D eigenvalue weighted by Gasteiger charge is -1.92. The summed E-state index contributed by atoms with van der Waals surface area (Å²) in [6.07, 6.45) is 2.95. The van der Waals surface area contributed by atoms with Crippen molar-refractivity contribution in [2.24, 2.45) is 5.73 Å². The zero-order valence-corrected chi connectivity index (χ0v) is 5.52. The molecule has 1 rings (SSSR count). The molecular weight excluding hydrogens is 146 g/mol. The van der Waals surface area contributed by atoms with Gasteiger partial charge in [-0.2, -0.15) is 0 Å². The van der Waals surface area contributed by atoms with Crippen molar-refractivity contribution in [2.45, 2.75) is 0 Å². The SMILES string of the molecule is NC(=O)c1cncc(C=O)n1. The molecule has 56 valence electrons. The average molecular weight is 151 g/mol. The summed E-state index contributed by atoms with van der Waals surface area (Å²) in [6, 6.07) is 0. The van der Waals surface area contributed by atoms with Gasteiger partial charge in [-0.1, -0.05) is 0 Å². The first-order valence-electron chi connectivity index (χ1n) is 2.81. The lowest BCUT2D eigenvalue weighted by molar-refractivity contribution is 0.0995. The van der Waals surface area contributed by atoms with Crippen LogP contribution in [0.3, 0.4) is 0 Å². The number of primary amides is 1. The Kier molecular flexibility index (Phi) is 1.91. The third-order valence-electron chi connectivity index (χ3n) is 1.03. The molecule has 0 aliphatic heterocycles. The maximum absolute atomic E-state index is 10.5. The third kappa shape index (κ3) is 1.57. The van der Waals surface area contributed by atoms with E-state index in [0.717, 1.165) is 0 Å². The summed E-state index contributed by atoms with van der Waals surface area (Å²) in [7, 11) is 0. The van der Waals surface area contributed by atoms with Crippen LogP contribution in [0.15, 0.2) is 12.4 Å². The summed E-state index contributed by atoms with van der Waals surface area (Å²) in [5.41, 5.74) is 4.97.